The highest BCUT2D eigenvalue weighted by atomic mass is 32.2. The van der Waals surface area contributed by atoms with Crippen molar-refractivity contribution >= 4 is 34.1 Å². The van der Waals surface area contributed by atoms with E-state index >= 15 is 0 Å². The van der Waals surface area contributed by atoms with Crippen LogP contribution in [0, 0.1) is 6.92 Å². The van der Waals surface area contributed by atoms with Gasteiger partial charge in [0.25, 0.3) is 11.1 Å². The first kappa shape index (κ1) is 17.6. The number of hydrogen-bond donors (Lipinski definition) is 1. The second-order valence-electron chi connectivity index (χ2n) is 6.26. The van der Waals surface area contributed by atoms with E-state index in [9.17, 15) is 4.79 Å². The normalized spacial score (nSPS) is 11.7. The van der Waals surface area contributed by atoms with Crippen LogP contribution in [0.25, 0.3) is 11.5 Å². The molecule has 3 rings (SSSR count). The molecule has 3 aromatic heterocycles. The largest absolute Gasteiger partial charge is 0.469 e. The van der Waals surface area contributed by atoms with Gasteiger partial charge in [0.15, 0.2) is 0 Å². The number of hydrogen-bond acceptors (Lipinski definition) is 9. The number of rotatable bonds is 5. The van der Waals surface area contributed by atoms with Gasteiger partial charge >= 0.3 is 0 Å². The standard InChI is InChI=1S/C15H17N5O3S2/c1-8-9(5-6-22-8)11-17-20-14(23-11)24-7-10(21)16-13-19-18-12(25-13)15(2,3)4/h5-6H,7H2,1-4H3,(H,16,19,21). The lowest BCUT2D eigenvalue weighted by Gasteiger charge is -2.12. The van der Waals surface area contributed by atoms with Gasteiger partial charge in [-0.1, -0.05) is 43.9 Å². The molecule has 25 heavy (non-hydrogen) atoms. The summed E-state index contributed by atoms with van der Waals surface area (Å²) in [6.07, 6.45) is 1.56. The van der Waals surface area contributed by atoms with Crippen LogP contribution in [0.15, 0.2) is 26.4 Å². The van der Waals surface area contributed by atoms with Crippen molar-refractivity contribution in [1.29, 1.82) is 0 Å². The molecule has 1 amide bonds. The highest BCUT2D eigenvalue weighted by Gasteiger charge is 2.20. The van der Waals surface area contributed by atoms with E-state index in [1.807, 2.05) is 27.7 Å². The van der Waals surface area contributed by atoms with Crippen LogP contribution in [0.5, 0.6) is 0 Å². The molecule has 0 unspecified atom stereocenters. The molecule has 0 saturated heterocycles. The molecule has 132 valence electrons. The van der Waals surface area contributed by atoms with E-state index in [4.69, 9.17) is 8.83 Å². The van der Waals surface area contributed by atoms with E-state index in [0.717, 1.165) is 22.3 Å². The second kappa shape index (κ2) is 6.96. The summed E-state index contributed by atoms with van der Waals surface area (Å²) in [5.74, 6) is 0.994. The molecule has 0 radical (unpaired) electrons. The monoisotopic (exact) mass is 379 g/mol. The Morgan fingerprint density at radius 1 is 1.28 bits per heavy atom. The van der Waals surface area contributed by atoms with Gasteiger partial charge in [0, 0.05) is 5.41 Å². The smallest absolute Gasteiger partial charge is 0.277 e. The zero-order chi connectivity index (χ0) is 18.0. The number of carbonyl (C=O) groups excluding carboxylic acids is 1. The van der Waals surface area contributed by atoms with E-state index in [0.29, 0.717) is 22.0 Å². The molecule has 0 aromatic carbocycles. The van der Waals surface area contributed by atoms with Crippen molar-refractivity contribution in [2.45, 2.75) is 38.3 Å². The maximum absolute atomic E-state index is 12.0. The van der Waals surface area contributed by atoms with Crippen LogP contribution in [0.2, 0.25) is 0 Å². The van der Waals surface area contributed by atoms with E-state index in [2.05, 4.69) is 25.7 Å². The average molecular weight is 379 g/mol. The Bertz CT molecular complexity index is 878. The fourth-order valence-electron chi connectivity index (χ4n) is 1.84. The Morgan fingerprint density at radius 2 is 2.08 bits per heavy atom. The SMILES string of the molecule is Cc1occc1-c1nnc(SCC(=O)Nc2nnc(C(C)(C)C)s2)o1. The van der Waals surface area contributed by atoms with Crippen LogP contribution in [-0.4, -0.2) is 32.1 Å². The van der Waals surface area contributed by atoms with E-state index in [1.54, 1.807) is 12.3 Å². The molecular weight excluding hydrogens is 362 g/mol. The first-order valence-corrected chi connectivity index (χ1v) is 9.28. The third-order valence-corrected chi connectivity index (χ3v) is 5.22. The fraction of sp³-hybridized carbons (Fsp3) is 0.400. The van der Waals surface area contributed by atoms with E-state index in [-0.39, 0.29) is 17.1 Å². The lowest BCUT2D eigenvalue weighted by molar-refractivity contribution is -0.113. The molecule has 0 atom stereocenters. The quantitative estimate of drug-likeness (QED) is 0.671. The van der Waals surface area contributed by atoms with Gasteiger partial charge in [-0.05, 0) is 13.0 Å². The minimum atomic E-state index is -0.208. The number of thioether (sulfide) groups is 1. The third-order valence-electron chi connectivity index (χ3n) is 3.14. The number of furan rings is 1. The molecule has 1 N–H and O–H groups in total. The minimum absolute atomic E-state index is 0.0965. The van der Waals surface area contributed by atoms with E-state index < -0.39 is 0 Å². The lowest BCUT2D eigenvalue weighted by atomic mass is 9.98. The van der Waals surface area contributed by atoms with Crippen LogP contribution < -0.4 is 5.32 Å². The summed E-state index contributed by atoms with van der Waals surface area (Å²) in [4.78, 5) is 12.0. The molecule has 3 heterocycles. The van der Waals surface area contributed by atoms with Gasteiger partial charge in [-0.25, -0.2) is 0 Å². The summed E-state index contributed by atoms with van der Waals surface area (Å²) in [5.41, 5.74) is 0.646. The zero-order valence-corrected chi connectivity index (χ0v) is 15.8. The molecule has 0 aliphatic rings. The van der Waals surface area contributed by atoms with E-state index in [1.165, 1.54) is 11.3 Å². The van der Waals surface area contributed by atoms with Crippen LogP contribution in [0.1, 0.15) is 31.5 Å². The average Bonchev–Trinajstić information content (AvgIpc) is 3.24. The van der Waals surface area contributed by atoms with Crippen LogP contribution >= 0.6 is 23.1 Å². The molecule has 0 aliphatic heterocycles. The predicted octanol–water partition coefficient (Wildman–Crippen LogP) is 3.52. The summed E-state index contributed by atoms with van der Waals surface area (Å²) in [7, 11) is 0. The summed E-state index contributed by atoms with van der Waals surface area (Å²) >= 11 is 2.53. The molecule has 3 aromatic rings. The maximum atomic E-state index is 12.0. The van der Waals surface area contributed by atoms with Gasteiger partial charge in [0.2, 0.25) is 11.0 Å². The number of carbonyl (C=O) groups is 1. The van der Waals surface area contributed by atoms with Crippen molar-refractivity contribution in [1.82, 2.24) is 20.4 Å². The molecule has 0 aliphatic carbocycles. The number of anilines is 1. The van der Waals surface area contributed by atoms with Crippen molar-refractivity contribution in [2.75, 3.05) is 11.1 Å². The highest BCUT2D eigenvalue weighted by Crippen LogP contribution is 2.28. The number of nitrogens with zero attached hydrogens (tertiary/aromatic N) is 4. The summed E-state index contributed by atoms with van der Waals surface area (Å²) in [6.45, 7) is 7.95. The topological polar surface area (TPSA) is 107 Å². The van der Waals surface area contributed by atoms with Crippen molar-refractivity contribution in [2.24, 2.45) is 0 Å². The molecule has 0 saturated carbocycles. The highest BCUT2D eigenvalue weighted by molar-refractivity contribution is 7.99. The first-order valence-electron chi connectivity index (χ1n) is 7.47. The third kappa shape index (κ3) is 4.26. The number of aromatic nitrogens is 4. The number of aryl methyl sites for hydroxylation is 1. The van der Waals surface area contributed by atoms with Gasteiger partial charge < -0.3 is 8.83 Å². The van der Waals surface area contributed by atoms with Crippen molar-refractivity contribution < 1.29 is 13.6 Å². The van der Waals surface area contributed by atoms with Gasteiger partial charge in [-0.2, -0.15) is 0 Å². The Kier molecular flexibility index (Phi) is 4.91. The second-order valence-corrected chi connectivity index (χ2v) is 8.17. The van der Waals surface area contributed by atoms with Gasteiger partial charge in [-0.3, -0.25) is 10.1 Å². The number of nitrogens with one attached hydrogen (secondary N) is 1. The predicted molar refractivity (Wildman–Crippen MR) is 94.7 cm³/mol. The summed E-state index contributed by atoms with van der Waals surface area (Å²) < 4.78 is 10.7. The molecule has 0 spiro atoms. The van der Waals surface area contributed by atoms with Crippen LogP contribution in [-0.2, 0) is 10.2 Å². The van der Waals surface area contributed by atoms with Gasteiger partial charge in [0.1, 0.15) is 10.8 Å². The van der Waals surface area contributed by atoms with Crippen LogP contribution in [0.3, 0.4) is 0 Å². The van der Waals surface area contributed by atoms with Gasteiger partial charge in [0.05, 0.1) is 17.6 Å². The minimum Gasteiger partial charge on any atom is -0.469 e. The molecule has 0 bridgehead atoms. The van der Waals surface area contributed by atoms with Crippen molar-refractivity contribution in [3.8, 4) is 11.5 Å². The van der Waals surface area contributed by atoms with Crippen molar-refractivity contribution in [3.05, 3.63) is 23.1 Å². The lowest BCUT2D eigenvalue weighted by Crippen LogP contribution is -2.13. The molecule has 0 fully saturated rings. The summed E-state index contributed by atoms with van der Waals surface area (Å²) in [5, 5.41) is 20.4. The molecule has 10 heteroatoms. The first-order chi connectivity index (χ1) is 11.8. The molecule has 8 nitrogen and oxygen atoms in total. The van der Waals surface area contributed by atoms with Crippen molar-refractivity contribution in [3.63, 3.8) is 0 Å². The number of amides is 1. The molecular formula is C15H17N5O3S2. The Morgan fingerprint density at radius 3 is 2.72 bits per heavy atom. The fourth-order valence-corrected chi connectivity index (χ4v) is 3.22. The zero-order valence-electron chi connectivity index (χ0n) is 14.2. The van der Waals surface area contributed by atoms with Gasteiger partial charge in [-0.15, -0.1) is 20.4 Å². The summed E-state index contributed by atoms with van der Waals surface area (Å²) in [6, 6.07) is 1.76. The maximum Gasteiger partial charge on any atom is 0.277 e. The van der Waals surface area contributed by atoms with Crippen LogP contribution in [0.4, 0.5) is 5.13 Å². The Balaban J connectivity index is 1.55. The Hall–Kier alpha value is -2.20. The Labute approximate surface area is 152 Å².